The molecule has 0 N–H and O–H groups in total. The van der Waals surface area contributed by atoms with Crippen molar-refractivity contribution in [1.82, 2.24) is 4.31 Å². The SMILES string of the molecule is CCC1CCCCN1S(=O)(=O)c1cc(C#N)ccc1Cl. The third-order valence-corrected chi connectivity index (χ3v) is 6.12. The van der Waals surface area contributed by atoms with E-state index in [1.165, 1.54) is 18.2 Å². The van der Waals surface area contributed by atoms with Crippen molar-refractivity contribution in [3.8, 4) is 6.07 Å². The van der Waals surface area contributed by atoms with E-state index in [2.05, 4.69) is 0 Å². The van der Waals surface area contributed by atoms with Gasteiger partial charge in [-0.3, -0.25) is 0 Å². The highest BCUT2D eigenvalue weighted by Gasteiger charge is 2.33. The number of nitriles is 1. The van der Waals surface area contributed by atoms with E-state index in [0.717, 1.165) is 25.7 Å². The lowest BCUT2D eigenvalue weighted by atomic mass is 10.0. The predicted octanol–water partition coefficient (Wildman–Crippen LogP) is 3.16. The summed E-state index contributed by atoms with van der Waals surface area (Å²) < 4.78 is 27.1. The van der Waals surface area contributed by atoms with Gasteiger partial charge in [0.1, 0.15) is 4.90 Å². The number of nitrogens with zero attached hydrogens (tertiary/aromatic N) is 2. The van der Waals surface area contributed by atoms with E-state index in [-0.39, 0.29) is 16.0 Å². The lowest BCUT2D eigenvalue weighted by molar-refractivity contribution is 0.246. The second-order valence-electron chi connectivity index (χ2n) is 4.93. The molecule has 0 aromatic heterocycles. The summed E-state index contributed by atoms with van der Waals surface area (Å²) in [4.78, 5) is 0.0403. The van der Waals surface area contributed by atoms with Gasteiger partial charge in [-0.15, -0.1) is 0 Å². The zero-order chi connectivity index (χ0) is 14.8. The molecule has 1 fully saturated rings. The van der Waals surface area contributed by atoms with Crippen LogP contribution in [0.5, 0.6) is 0 Å². The van der Waals surface area contributed by atoms with Gasteiger partial charge in [0.2, 0.25) is 10.0 Å². The average molecular weight is 313 g/mol. The molecule has 1 aromatic rings. The fraction of sp³-hybridized carbons (Fsp3) is 0.500. The maximum absolute atomic E-state index is 12.8. The Labute approximate surface area is 125 Å². The van der Waals surface area contributed by atoms with Crippen LogP contribution in [0.15, 0.2) is 23.1 Å². The number of rotatable bonds is 3. The molecule has 4 nitrogen and oxygen atoms in total. The molecular formula is C14H17ClN2O2S. The van der Waals surface area contributed by atoms with Crippen LogP contribution in [0.3, 0.4) is 0 Å². The number of benzene rings is 1. The lowest BCUT2D eigenvalue weighted by Crippen LogP contribution is -2.43. The van der Waals surface area contributed by atoms with Crippen molar-refractivity contribution < 1.29 is 8.42 Å². The van der Waals surface area contributed by atoms with Crippen LogP contribution in [0.1, 0.15) is 38.2 Å². The zero-order valence-electron chi connectivity index (χ0n) is 11.3. The first-order chi connectivity index (χ1) is 9.50. The van der Waals surface area contributed by atoms with Crippen molar-refractivity contribution >= 4 is 21.6 Å². The number of halogens is 1. The molecule has 20 heavy (non-hydrogen) atoms. The van der Waals surface area contributed by atoms with Gasteiger partial charge in [0.05, 0.1) is 16.7 Å². The van der Waals surface area contributed by atoms with Gasteiger partial charge in [0.25, 0.3) is 0 Å². The normalized spacial score (nSPS) is 20.6. The highest BCUT2D eigenvalue weighted by Crippen LogP contribution is 2.31. The van der Waals surface area contributed by atoms with Gasteiger partial charge < -0.3 is 0 Å². The molecule has 1 heterocycles. The second-order valence-corrected chi connectivity index (χ2v) is 7.20. The molecule has 0 aliphatic carbocycles. The molecule has 108 valence electrons. The predicted molar refractivity (Wildman–Crippen MR) is 78.0 cm³/mol. The molecule has 1 aliphatic rings. The number of sulfonamides is 1. The monoisotopic (exact) mass is 312 g/mol. The smallest absolute Gasteiger partial charge is 0.207 e. The summed E-state index contributed by atoms with van der Waals surface area (Å²) in [6, 6.07) is 6.33. The first-order valence-electron chi connectivity index (χ1n) is 6.72. The summed E-state index contributed by atoms with van der Waals surface area (Å²) >= 11 is 6.03. The number of hydrogen-bond acceptors (Lipinski definition) is 3. The van der Waals surface area contributed by atoms with Crippen molar-refractivity contribution in [1.29, 1.82) is 5.26 Å². The second kappa shape index (κ2) is 6.13. The average Bonchev–Trinajstić information content (AvgIpc) is 2.47. The van der Waals surface area contributed by atoms with Crippen molar-refractivity contribution in [2.75, 3.05) is 6.54 Å². The Bertz CT molecular complexity index is 637. The van der Waals surface area contributed by atoms with Crippen molar-refractivity contribution in [3.63, 3.8) is 0 Å². The Balaban J connectivity index is 2.46. The van der Waals surface area contributed by atoms with Gasteiger partial charge in [-0.25, -0.2) is 8.42 Å². The number of hydrogen-bond donors (Lipinski definition) is 0. The summed E-state index contributed by atoms with van der Waals surface area (Å²) in [6.07, 6.45) is 3.59. The molecule has 0 saturated carbocycles. The summed E-state index contributed by atoms with van der Waals surface area (Å²) in [5, 5.41) is 9.10. The summed E-state index contributed by atoms with van der Waals surface area (Å²) in [5.41, 5.74) is 0.304. The molecule has 0 radical (unpaired) electrons. The maximum Gasteiger partial charge on any atom is 0.244 e. The maximum atomic E-state index is 12.8. The topological polar surface area (TPSA) is 61.2 Å². The molecule has 1 atom stereocenters. The molecule has 1 unspecified atom stereocenters. The molecule has 2 rings (SSSR count). The molecular weight excluding hydrogens is 296 g/mol. The van der Waals surface area contributed by atoms with Crippen molar-refractivity contribution in [2.24, 2.45) is 0 Å². The van der Waals surface area contributed by atoms with Crippen molar-refractivity contribution in [3.05, 3.63) is 28.8 Å². The van der Waals surface area contributed by atoms with E-state index >= 15 is 0 Å². The van der Waals surface area contributed by atoms with E-state index in [1.807, 2.05) is 13.0 Å². The standard InChI is InChI=1S/C14H17ClN2O2S/c1-2-12-5-3-4-8-17(12)20(18,19)14-9-11(10-16)6-7-13(14)15/h6-7,9,12H,2-5,8H2,1H3. The van der Waals surface area contributed by atoms with Crippen LogP contribution in [-0.2, 0) is 10.0 Å². The van der Waals surface area contributed by atoms with Gasteiger partial charge in [-0.05, 0) is 37.5 Å². The molecule has 0 spiro atoms. The minimum Gasteiger partial charge on any atom is -0.207 e. The Morgan fingerprint density at radius 2 is 2.20 bits per heavy atom. The highest BCUT2D eigenvalue weighted by atomic mass is 35.5. The third kappa shape index (κ3) is 2.83. The van der Waals surface area contributed by atoms with E-state index in [9.17, 15) is 8.42 Å². The van der Waals surface area contributed by atoms with Crippen LogP contribution in [0, 0.1) is 11.3 Å². The fourth-order valence-corrected chi connectivity index (χ4v) is 4.86. The minimum absolute atomic E-state index is 0.0237. The van der Waals surface area contributed by atoms with Crippen molar-refractivity contribution in [2.45, 2.75) is 43.5 Å². The first kappa shape index (κ1) is 15.3. The van der Waals surface area contributed by atoms with Gasteiger partial charge in [0.15, 0.2) is 0 Å². The number of piperidine rings is 1. The summed E-state index contributed by atoms with van der Waals surface area (Å²) in [5.74, 6) is 0. The molecule has 0 bridgehead atoms. The van der Waals surface area contributed by atoms with Crippen LogP contribution < -0.4 is 0 Å². The molecule has 6 heteroatoms. The van der Waals surface area contributed by atoms with E-state index in [0.29, 0.717) is 12.1 Å². The highest BCUT2D eigenvalue weighted by molar-refractivity contribution is 7.89. The Kier molecular flexibility index (Phi) is 4.69. The van der Waals surface area contributed by atoms with E-state index in [1.54, 1.807) is 4.31 Å². The summed E-state index contributed by atoms with van der Waals surface area (Å²) in [7, 11) is -3.64. The summed E-state index contributed by atoms with van der Waals surface area (Å²) in [6.45, 7) is 2.51. The van der Waals surface area contributed by atoms with Crippen LogP contribution in [0.4, 0.5) is 0 Å². The zero-order valence-corrected chi connectivity index (χ0v) is 12.9. The van der Waals surface area contributed by atoms with Gasteiger partial charge in [-0.1, -0.05) is 24.9 Å². The van der Waals surface area contributed by atoms with E-state index in [4.69, 9.17) is 16.9 Å². The first-order valence-corrected chi connectivity index (χ1v) is 8.54. The fourth-order valence-electron chi connectivity index (χ4n) is 2.60. The quantitative estimate of drug-likeness (QED) is 0.861. The van der Waals surface area contributed by atoms with Gasteiger partial charge >= 0.3 is 0 Å². The Morgan fingerprint density at radius 3 is 2.85 bits per heavy atom. The van der Waals surface area contributed by atoms with Gasteiger partial charge in [0, 0.05) is 12.6 Å². The molecule has 1 aliphatic heterocycles. The lowest BCUT2D eigenvalue weighted by Gasteiger charge is -2.34. The molecule has 1 aromatic carbocycles. The largest absolute Gasteiger partial charge is 0.244 e. The van der Waals surface area contributed by atoms with E-state index < -0.39 is 10.0 Å². The van der Waals surface area contributed by atoms with Crippen LogP contribution >= 0.6 is 11.6 Å². The third-order valence-electron chi connectivity index (χ3n) is 3.69. The van der Waals surface area contributed by atoms with Gasteiger partial charge in [-0.2, -0.15) is 9.57 Å². The Hall–Kier alpha value is -1.09. The molecule has 1 saturated heterocycles. The molecule has 0 amide bonds. The Morgan fingerprint density at radius 1 is 1.45 bits per heavy atom. The van der Waals surface area contributed by atoms with Crippen LogP contribution in [0.2, 0.25) is 5.02 Å². The van der Waals surface area contributed by atoms with Crippen LogP contribution in [0.25, 0.3) is 0 Å². The minimum atomic E-state index is -3.64. The van der Waals surface area contributed by atoms with Crippen LogP contribution in [-0.4, -0.2) is 25.3 Å².